The molecule has 0 N–H and O–H groups in total. The number of thiophene rings is 1. The van der Waals surface area contributed by atoms with E-state index in [4.69, 9.17) is 13.9 Å². The first-order chi connectivity index (χ1) is 13.3. The van der Waals surface area contributed by atoms with Crippen LogP contribution < -0.4 is 4.90 Å². The second-order valence-electron chi connectivity index (χ2n) is 7.25. The zero-order valence-corrected chi connectivity index (χ0v) is 16.0. The summed E-state index contributed by atoms with van der Waals surface area (Å²) in [5, 5.41) is 0. The Hall–Kier alpha value is -1.90. The highest BCUT2D eigenvalue weighted by atomic mass is 32.1. The molecule has 2 aromatic heterocycles. The molecule has 1 spiro atoms. The second-order valence-corrected chi connectivity index (χ2v) is 8.38. The number of carbonyl (C=O) groups is 1. The van der Waals surface area contributed by atoms with Crippen molar-refractivity contribution in [2.75, 3.05) is 50.9 Å². The molecule has 144 valence electrons. The molecule has 0 atom stereocenters. The Morgan fingerprint density at radius 1 is 1.15 bits per heavy atom. The van der Waals surface area contributed by atoms with E-state index in [1.807, 2.05) is 4.90 Å². The monoisotopic (exact) mass is 389 g/mol. The molecule has 1 amide bonds. The summed E-state index contributed by atoms with van der Waals surface area (Å²) < 4.78 is 17.1. The molecule has 0 unspecified atom stereocenters. The normalized spacial score (nSPS) is 22.1. The van der Waals surface area contributed by atoms with Crippen LogP contribution in [0.2, 0.25) is 0 Å². The molecule has 0 bridgehead atoms. The lowest BCUT2D eigenvalue weighted by atomic mass is 9.82. The fraction of sp³-hybridized carbons (Fsp3) is 0.579. The summed E-state index contributed by atoms with van der Waals surface area (Å²) in [6.07, 6.45) is 5.94. The topological polar surface area (TPSA) is 68.0 Å². The summed E-state index contributed by atoms with van der Waals surface area (Å²) in [6, 6.07) is 2.77. The van der Waals surface area contributed by atoms with Gasteiger partial charge in [0.25, 0.3) is 11.9 Å². The minimum atomic E-state index is -0.281. The van der Waals surface area contributed by atoms with E-state index in [0.29, 0.717) is 32.3 Å². The molecule has 5 heterocycles. The summed E-state index contributed by atoms with van der Waals surface area (Å²) in [7, 11) is 0. The zero-order chi connectivity index (χ0) is 18.3. The first-order valence-electron chi connectivity index (χ1n) is 9.54. The second kappa shape index (κ2) is 6.92. The summed E-state index contributed by atoms with van der Waals surface area (Å²) in [4.78, 5) is 23.4. The molecule has 5 rings (SSSR count). The number of amides is 1. The molecule has 8 heteroatoms. The smallest absolute Gasteiger partial charge is 0.297 e. The van der Waals surface area contributed by atoms with E-state index in [2.05, 4.69) is 16.0 Å². The number of piperidine rings is 1. The van der Waals surface area contributed by atoms with Crippen LogP contribution in [-0.2, 0) is 21.5 Å². The van der Waals surface area contributed by atoms with Crippen LogP contribution in [0.25, 0.3) is 0 Å². The van der Waals surface area contributed by atoms with Crippen LogP contribution in [0.15, 0.2) is 22.9 Å². The predicted octanol–water partition coefficient (Wildman–Crippen LogP) is 2.28. The Morgan fingerprint density at radius 3 is 2.70 bits per heavy atom. The van der Waals surface area contributed by atoms with E-state index in [1.165, 1.54) is 10.4 Å². The predicted molar refractivity (Wildman–Crippen MR) is 100 cm³/mol. The quantitative estimate of drug-likeness (QED) is 0.785. The molecule has 2 aromatic rings. The van der Waals surface area contributed by atoms with Gasteiger partial charge in [-0.1, -0.05) is 0 Å². The van der Waals surface area contributed by atoms with Crippen molar-refractivity contribution in [2.45, 2.75) is 24.9 Å². The van der Waals surface area contributed by atoms with E-state index in [-0.39, 0.29) is 11.5 Å². The Kier molecular flexibility index (Phi) is 4.41. The summed E-state index contributed by atoms with van der Waals surface area (Å²) in [6.45, 7) is 4.99. The fourth-order valence-corrected chi connectivity index (χ4v) is 5.49. The first-order valence-corrected chi connectivity index (χ1v) is 10.4. The van der Waals surface area contributed by atoms with Crippen LogP contribution in [0.1, 0.15) is 33.0 Å². The molecular formula is C19H23N3O4S. The van der Waals surface area contributed by atoms with E-state index >= 15 is 0 Å². The third kappa shape index (κ3) is 3.05. The van der Waals surface area contributed by atoms with Crippen molar-refractivity contribution >= 4 is 23.3 Å². The van der Waals surface area contributed by atoms with E-state index in [9.17, 15) is 4.79 Å². The van der Waals surface area contributed by atoms with Crippen LogP contribution in [0, 0.1) is 0 Å². The fourth-order valence-electron chi connectivity index (χ4n) is 4.29. The van der Waals surface area contributed by atoms with Crippen LogP contribution in [-0.4, -0.2) is 61.8 Å². The van der Waals surface area contributed by atoms with Crippen molar-refractivity contribution in [3.05, 3.63) is 33.8 Å². The molecule has 0 saturated carbocycles. The maximum absolute atomic E-state index is 12.9. The number of carbonyl (C=O) groups excluding carboxylic acids is 1. The molecule has 2 fully saturated rings. The van der Waals surface area contributed by atoms with Gasteiger partial charge in [0.15, 0.2) is 0 Å². The Morgan fingerprint density at radius 2 is 1.96 bits per heavy atom. The minimum absolute atomic E-state index is 0.130. The zero-order valence-electron chi connectivity index (χ0n) is 15.2. The van der Waals surface area contributed by atoms with Crippen molar-refractivity contribution in [3.8, 4) is 0 Å². The van der Waals surface area contributed by atoms with E-state index in [1.54, 1.807) is 23.8 Å². The largest absolute Gasteiger partial charge is 0.432 e. The van der Waals surface area contributed by atoms with Crippen molar-refractivity contribution in [2.24, 2.45) is 0 Å². The minimum Gasteiger partial charge on any atom is -0.432 e. The Labute approximate surface area is 161 Å². The van der Waals surface area contributed by atoms with Gasteiger partial charge < -0.3 is 23.7 Å². The highest BCUT2D eigenvalue weighted by Gasteiger charge is 2.43. The molecular weight excluding hydrogens is 366 g/mol. The number of hydrogen-bond donors (Lipinski definition) is 0. The molecule has 0 radical (unpaired) electrons. The first kappa shape index (κ1) is 17.2. The van der Waals surface area contributed by atoms with E-state index < -0.39 is 0 Å². The lowest BCUT2D eigenvalue weighted by Gasteiger charge is -2.43. The molecule has 3 aliphatic rings. The number of fused-ring (bicyclic) bond motifs is 2. The lowest BCUT2D eigenvalue weighted by Crippen LogP contribution is -2.46. The van der Waals surface area contributed by atoms with Crippen LogP contribution in [0.3, 0.4) is 0 Å². The molecule has 0 aromatic carbocycles. The van der Waals surface area contributed by atoms with Gasteiger partial charge in [-0.25, -0.2) is 4.98 Å². The number of anilines is 1. The lowest BCUT2D eigenvalue weighted by molar-refractivity contribution is -0.0760. The van der Waals surface area contributed by atoms with E-state index in [0.717, 1.165) is 43.8 Å². The average molecular weight is 389 g/mol. The number of ether oxygens (including phenoxy) is 2. The SMILES string of the molecule is O=C(c1cc2c(s1)CCOC21CCN(c2ncco2)CC1)N1CCOCC1. The summed E-state index contributed by atoms with van der Waals surface area (Å²) in [5.74, 6) is 0.130. The number of morpholine rings is 1. The van der Waals surface area contributed by atoms with Gasteiger partial charge in [0.2, 0.25) is 0 Å². The molecule has 27 heavy (non-hydrogen) atoms. The van der Waals surface area contributed by atoms with Crippen molar-refractivity contribution in [3.63, 3.8) is 0 Å². The number of nitrogens with zero attached hydrogens (tertiary/aromatic N) is 3. The van der Waals surface area contributed by atoms with Gasteiger partial charge in [-0.3, -0.25) is 4.79 Å². The van der Waals surface area contributed by atoms with Gasteiger partial charge >= 0.3 is 0 Å². The number of rotatable bonds is 2. The number of hydrogen-bond acceptors (Lipinski definition) is 7. The van der Waals surface area contributed by atoms with Crippen molar-refractivity contribution in [1.82, 2.24) is 9.88 Å². The molecule has 0 aliphatic carbocycles. The van der Waals surface area contributed by atoms with Crippen molar-refractivity contribution < 1.29 is 18.7 Å². The maximum Gasteiger partial charge on any atom is 0.297 e. The molecule has 7 nitrogen and oxygen atoms in total. The highest BCUT2D eigenvalue weighted by Crippen LogP contribution is 2.45. The van der Waals surface area contributed by atoms with Crippen LogP contribution in [0.4, 0.5) is 6.01 Å². The number of oxazole rings is 1. The average Bonchev–Trinajstić information content (AvgIpc) is 3.40. The van der Waals surface area contributed by atoms with Crippen LogP contribution >= 0.6 is 11.3 Å². The number of aromatic nitrogens is 1. The highest BCUT2D eigenvalue weighted by molar-refractivity contribution is 7.14. The third-order valence-corrected chi connectivity index (χ3v) is 6.96. The Balaban J connectivity index is 1.37. The van der Waals surface area contributed by atoms with Crippen molar-refractivity contribution in [1.29, 1.82) is 0 Å². The Bertz CT molecular complexity index is 805. The standard InChI is InChI=1S/C19H23N3O4S/c23-17(21-7-11-24-12-8-21)16-13-14-15(27-16)1-9-26-19(14)2-5-22(6-3-19)18-20-4-10-25-18/h4,10,13H,1-3,5-9,11-12H2. The maximum atomic E-state index is 12.9. The summed E-state index contributed by atoms with van der Waals surface area (Å²) >= 11 is 1.65. The molecule has 3 aliphatic heterocycles. The van der Waals surface area contributed by atoms with Crippen LogP contribution in [0.5, 0.6) is 0 Å². The van der Waals surface area contributed by atoms with Gasteiger partial charge in [0, 0.05) is 37.5 Å². The van der Waals surface area contributed by atoms with Gasteiger partial charge in [-0.2, -0.15) is 0 Å². The van der Waals surface area contributed by atoms with Gasteiger partial charge in [-0.05, 0) is 24.5 Å². The molecule has 2 saturated heterocycles. The van der Waals surface area contributed by atoms with Gasteiger partial charge in [0.1, 0.15) is 6.26 Å². The van der Waals surface area contributed by atoms with Gasteiger partial charge in [0.05, 0.1) is 36.5 Å². The third-order valence-electron chi connectivity index (χ3n) is 5.78. The van der Waals surface area contributed by atoms with Gasteiger partial charge in [-0.15, -0.1) is 11.3 Å². The summed E-state index contributed by atoms with van der Waals surface area (Å²) in [5.41, 5.74) is 0.943.